The van der Waals surface area contributed by atoms with Crippen LogP contribution >= 0.6 is 11.8 Å². The summed E-state index contributed by atoms with van der Waals surface area (Å²) >= 11 is 1.24. The van der Waals surface area contributed by atoms with Crippen LogP contribution in [0.1, 0.15) is 43.5 Å². The van der Waals surface area contributed by atoms with E-state index < -0.39 is 0 Å². The summed E-state index contributed by atoms with van der Waals surface area (Å²) in [5, 5.41) is 11.6. The molecule has 3 aromatic rings. The van der Waals surface area contributed by atoms with Gasteiger partial charge in [-0.05, 0) is 48.9 Å². The molecule has 1 unspecified atom stereocenters. The van der Waals surface area contributed by atoms with Gasteiger partial charge in [-0.25, -0.2) is 0 Å². The molecule has 1 amide bonds. The van der Waals surface area contributed by atoms with E-state index in [1.807, 2.05) is 38.1 Å². The molecule has 152 valence electrons. The number of aromatic nitrogens is 2. The highest BCUT2D eigenvalue weighted by Crippen LogP contribution is 2.25. The lowest BCUT2D eigenvalue weighted by atomic mass is 10.00. The number of hydrogen-bond acceptors (Lipinski definition) is 5. The monoisotopic (exact) mass is 409 g/mol. The summed E-state index contributed by atoms with van der Waals surface area (Å²) in [6.45, 7) is 8.41. The van der Waals surface area contributed by atoms with Gasteiger partial charge in [0.25, 0.3) is 5.22 Å². The van der Waals surface area contributed by atoms with E-state index in [1.165, 1.54) is 17.3 Å². The van der Waals surface area contributed by atoms with Crippen molar-refractivity contribution in [3.63, 3.8) is 0 Å². The maximum atomic E-state index is 12.3. The summed E-state index contributed by atoms with van der Waals surface area (Å²) in [5.74, 6) is 1.27. The van der Waals surface area contributed by atoms with Gasteiger partial charge in [0.05, 0.1) is 11.8 Å². The zero-order chi connectivity index (χ0) is 20.8. The zero-order valence-electron chi connectivity index (χ0n) is 17.3. The minimum absolute atomic E-state index is 0.0542. The molecule has 0 radical (unpaired) electrons. The number of amides is 1. The van der Waals surface area contributed by atoms with Crippen LogP contribution in [0.5, 0.6) is 0 Å². The molecule has 1 atom stereocenters. The van der Waals surface area contributed by atoms with E-state index in [2.05, 4.69) is 53.6 Å². The van der Waals surface area contributed by atoms with Crippen LogP contribution < -0.4 is 5.32 Å². The number of carbonyl (C=O) groups is 1. The van der Waals surface area contributed by atoms with Gasteiger partial charge in [-0.3, -0.25) is 4.79 Å². The first-order chi connectivity index (χ1) is 13.9. The van der Waals surface area contributed by atoms with Crippen molar-refractivity contribution in [2.75, 3.05) is 5.75 Å². The van der Waals surface area contributed by atoms with E-state index in [4.69, 9.17) is 4.42 Å². The predicted octanol–water partition coefficient (Wildman–Crippen LogP) is 5.21. The lowest BCUT2D eigenvalue weighted by Gasteiger charge is -2.15. The molecule has 5 nitrogen and oxygen atoms in total. The Balaban J connectivity index is 1.51. The Labute approximate surface area is 176 Å². The smallest absolute Gasteiger partial charge is 0.277 e. The minimum atomic E-state index is -0.0654. The molecule has 29 heavy (non-hydrogen) atoms. The fraction of sp³-hybridized carbons (Fsp3) is 0.348. The third-order valence-corrected chi connectivity index (χ3v) is 5.43. The highest BCUT2D eigenvalue weighted by atomic mass is 32.2. The Morgan fingerprint density at radius 2 is 1.79 bits per heavy atom. The summed E-state index contributed by atoms with van der Waals surface area (Å²) < 4.78 is 5.70. The number of thioether (sulfide) groups is 1. The number of benzene rings is 2. The van der Waals surface area contributed by atoms with E-state index in [1.54, 1.807) is 0 Å². The fourth-order valence-electron chi connectivity index (χ4n) is 3.10. The fourth-order valence-corrected chi connectivity index (χ4v) is 3.67. The summed E-state index contributed by atoms with van der Waals surface area (Å²) in [4.78, 5) is 12.3. The van der Waals surface area contributed by atoms with Gasteiger partial charge in [-0.1, -0.05) is 68.1 Å². The average Bonchev–Trinajstić information content (AvgIpc) is 3.15. The second kappa shape index (κ2) is 9.74. The Hall–Kier alpha value is -2.60. The van der Waals surface area contributed by atoms with E-state index in [0.29, 0.717) is 17.0 Å². The number of nitrogens with one attached hydrogen (secondary N) is 1. The molecule has 0 saturated heterocycles. The standard InChI is InChI=1S/C23H27N3O2S/c1-15(2)13-18-9-11-19(12-10-18)17(4)24-21(27)14-29-23-26-25-22(28-23)20-8-6-5-7-16(20)3/h5-12,15,17H,13-14H2,1-4H3,(H,24,27). The van der Waals surface area contributed by atoms with Gasteiger partial charge < -0.3 is 9.73 Å². The molecular formula is C23H27N3O2S. The lowest BCUT2D eigenvalue weighted by molar-refractivity contribution is -0.119. The van der Waals surface area contributed by atoms with Crippen LogP contribution in [-0.2, 0) is 11.2 Å². The summed E-state index contributed by atoms with van der Waals surface area (Å²) in [5.41, 5.74) is 4.39. The number of rotatable bonds is 8. The van der Waals surface area contributed by atoms with Gasteiger partial charge in [0.1, 0.15) is 0 Å². The maximum absolute atomic E-state index is 12.3. The van der Waals surface area contributed by atoms with Crippen molar-refractivity contribution in [2.45, 2.75) is 45.4 Å². The van der Waals surface area contributed by atoms with Crippen molar-refractivity contribution >= 4 is 17.7 Å². The number of hydrogen-bond donors (Lipinski definition) is 1. The normalized spacial score (nSPS) is 12.2. The first-order valence-electron chi connectivity index (χ1n) is 9.83. The summed E-state index contributed by atoms with van der Waals surface area (Å²) in [6, 6.07) is 16.2. The largest absolute Gasteiger partial charge is 0.411 e. The zero-order valence-corrected chi connectivity index (χ0v) is 18.1. The molecular weight excluding hydrogens is 382 g/mol. The predicted molar refractivity (Wildman–Crippen MR) is 117 cm³/mol. The van der Waals surface area contributed by atoms with Gasteiger partial charge >= 0.3 is 0 Å². The van der Waals surface area contributed by atoms with Crippen LogP contribution in [0.25, 0.3) is 11.5 Å². The molecule has 0 bridgehead atoms. The third kappa shape index (κ3) is 5.94. The molecule has 0 aliphatic rings. The molecule has 0 fully saturated rings. The van der Waals surface area contributed by atoms with Crippen molar-refractivity contribution in [3.05, 3.63) is 65.2 Å². The van der Waals surface area contributed by atoms with Gasteiger partial charge in [0.15, 0.2) is 0 Å². The van der Waals surface area contributed by atoms with Gasteiger partial charge in [0, 0.05) is 5.56 Å². The second-order valence-corrected chi connectivity index (χ2v) is 8.53. The quantitative estimate of drug-likeness (QED) is 0.517. The number of aryl methyl sites for hydroxylation is 1. The van der Waals surface area contributed by atoms with Crippen LogP contribution in [0.2, 0.25) is 0 Å². The molecule has 0 aliphatic heterocycles. The van der Waals surface area contributed by atoms with E-state index >= 15 is 0 Å². The molecule has 0 aliphatic carbocycles. The highest BCUT2D eigenvalue weighted by Gasteiger charge is 2.14. The first-order valence-corrected chi connectivity index (χ1v) is 10.8. The van der Waals surface area contributed by atoms with Crippen LogP contribution in [0.4, 0.5) is 0 Å². The van der Waals surface area contributed by atoms with E-state index in [0.717, 1.165) is 23.1 Å². The highest BCUT2D eigenvalue weighted by molar-refractivity contribution is 7.99. The van der Waals surface area contributed by atoms with Gasteiger partial charge in [-0.15, -0.1) is 10.2 Å². The molecule has 3 rings (SSSR count). The Morgan fingerprint density at radius 3 is 2.48 bits per heavy atom. The summed E-state index contributed by atoms with van der Waals surface area (Å²) in [6.07, 6.45) is 1.06. The number of carbonyl (C=O) groups excluding carboxylic acids is 1. The Morgan fingerprint density at radius 1 is 1.07 bits per heavy atom. The molecule has 1 heterocycles. The van der Waals surface area contributed by atoms with Crippen LogP contribution in [-0.4, -0.2) is 21.9 Å². The van der Waals surface area contributed by atoms with Crippen molar-refractivity contribution < 1.29 is 9.21 Å². The first kappa shape index (κ1) is 21.1. The molecule has 6 heteroatoms. The lowest BCUT2D eigenvalue weighted by Crippen LogP contribution is -2.28. The SMILES string of the molecule is Cc1ccccc1-c1nnc(SCC(=O)NC(C)c2ccc(CC(C)C)cc2)o1. The molecule has 1 N–H and O–H groups in total. The third-order valence-electron chi connectivity index (χ3n) is 4.61. The van der Waals surface area contributed by atoms with Gasteiger partial charge in [-0.2, -0.15) is 0 Å². The van der Waals surface area contributed by atoms with Crippen LogP contribution in [0.15, 0.2) is 58.2 Å². The molecule has 2 aromatic carbocycles. The van der Waals surface area contributed by atoms with Crippen LogP contribution in [0.3, 0.4) is 0 Å². The Kier molecular flexibility index (Phi) is 7.09. The van der Waals surface area contributed by atoms with E-state index in [-0.39, 0.29) is 17.7 Å². The van der Waals surface area contributed by atoms with Crippen molar-refractivity contribution in [1.29, 1.82) is 0 Å². The molecule has 0 saturated carbocycles. The van der Waals surface area contributed by atoms with Crippen molar-refractivity contribution in [1.82, 2.24) is 15.5 Å². The maximum Gasteiger partial charge on any atom is 0.277 e. The molecule has 0 spiro atoms. The minimum Gasteiger partial charge on any atom is -0.411 e. The van der Waals surface area contributed by atoms with Crippen molar-refractivity contribution in [3.8, 4) is 11.5 Å². The molecule has 1 aromatic heterocycles. The van der Waals surface area contributed by atoms with Gasteiger partial charge in [0.2, 0.25) is 11.8 Å². The number of nitrogens with zero attached hydrogens (tertiary/aromatic N) is 2. The van der Waals surface area contributed by atoms with E-state index in [9.17, 15) is 4.79 Å². The average molecular weight is 410 g/mol. The summed E-state index contributed by atoms with van der Waals surface area (Å²) in [7, 11) is 0. The topological polar surface area (TPSA) is 68.0 Å². The van der Waals surface area contributed by atoms with Crippen LogP contribution in [0, 0.1) is 12.8 Å². The van der Waals surface area contributed by atoms with Crippen molar-refractivity contribution in [2.24, 2.45) is 5.92 Å². The second-order valence-electron chi connectivity index (χ2n) is 7.61. The Bertz CT molecular complexity index is 951.